The maximum Gasteiger partial charge on any atom is 0.102 e. The molecule has 0 unspecified atom stereocenters. The van der Waals surface area contributed by atoms with Crippen molar-refractivity contribution >= 4 is 0 Å². The van der Waals surface area contributed by atoms with Crippen LogP contribution < -0.4 is 5.32 Å². The van der Waals surface area contributed by atoms with Gasteiger partial charge in [-0.2, -0.15) is 5.10 Å². The third kappa shape index (κ3) is 3.11. The first-order valence-electron chi connectivity index (χ1n) is 5.83. The zero-order valence-corrected chi connectivity index (χ0v) is 10.7. The molecule has 0 aliphatic rings. The third-order valence-electron chi connectivity index (χ3n) is 2.74. The molecule has 1 rings (SSSR count). The molecule has 88 valence electrons. The summed E-state index contributed by atoms with van der Waals surface area (Å²) in [5.41, 5.74) is 3.74. The van der Waals surface area contributed by atoms with Crippen LogP contribution in [0.15, 0.2) is 0 Å². The Kier molecular flexibility index (Phi) is 5.07. The SMILES string of the molecule is CC#CCn1nc(C)c(CCNCC)c1C. The highest BCUT2D eigenvalue weighted by molar-refractivity contribution is 5.25. The second-order valence-electron chi connectivity index (χ2n) is 3.84. The van der Waals surface area contributed by atoms with Crippen LogP contribution >= 0.6 is 0 Å². The molecule has 1 heterocycles. The molecule has 0 spiro atoms. The van der Waals surface area contributed by atoms with E-state index in [0.29, 0.717) is 6.54 Å². The average Bonchev–Trinajstić information content (AvgIpc) is 2.54. The third-order valence-corrected chi connectivity index (χ3v) is 2.74. The van der Waals surface area contributed by atoms with Gasteiger partial charge in [-0.3, -0.25) is 4.68 Å². The zero-order valence-electron chi connectivity index (χ0n) is 10.7. The molecular weight excluding hydrogens is 198 g/mol. The molecule has 0 aliphatic carbocycles. The molecule has 0 atom stereocenters. The molecule has 1 N–H and O–H groups in total. The number of nitrogens with one attached hydrogen (secondary N) is 1. The lowest BCUT2D eigenvalue weighted by atomic mass is 10.1. The van der Waals surface area contributed by atoms with E-state index in [1.54, 1.807) is 0 Å². The van der Waals surface area contributed by atoms with Gasteiger partial charge in [0.25, 0.3) is 0 Å². The first-order chi connectivity index (χ1) is 7.70. The lowest BCUT2D eigenvalue weighted by Crippen LogP contribution is -2.16. The maximum absolute atomic E-state index is 4.51. The van der Waals surface area contributed by atoms with Crippen LogP contribution in [-0.2, 0) is 13.0 Å². The van der Waals surface area contributed by atoms with Crippen LogP contribution in [0.25, 0.3) is 0 Å². The fourth-order valence-electron chi connectivity index (χ4n) is 1.79. The van der Waals surface area contributed by atoms with Gasteiger partial charge in [0, 0.05) is 5.69 Å². The topological polar surface area (TPSA) is 29.9 Å². The van der Waals surface area contributed by atoms with E-state index < -0.39 is 0 Å². The van der Waals surface area contributed by atoms with E-state index in [1.165, 1.54) is 11.3 Å². The number of rotatable bonds is 5. The monoisotopic (exact) mass is 219 g/mol. The van der Waals surface area contributed by atoms with Crippen LogP contribution in [0.3, 0.4) is 0 Å². The van der Waals surface area contributed by atoms with Gasteiger partial charge in [0.05, 0.1) is 5.69 Å². The number of hydrogen-bond acceptors (Lipinski definition) is 2. The van der Waals surface area contributed by atoms with Gasteiger partial charge >= 0.3 is 0 Å². The summed E-state index contributed by atoms with van der Waals surface area (Å²) in [6.45, 7) is 10.9. The maximum atomic E-state index is 4.51. The summed E-state index contributed by atoms with van der Waals surface area (Å²) in [6.07, 6.45) is 1.05. The Morgan fingerprint density at radius 1 is 1.38 bits per heavy atom. The molecule has 0 radical (unpaired) electrons. The van der Waals surface area contributed by atoms with E-state index in [1.807, 2.05) is 11.6 Å². The molecule has 0 aliphatic heterocycles. The Morgan fingerprint density at radius 3 is 2.75 bits per heavy atom. The Bertz CT molecular complexity index is 393. The summed E-state index contributed by atoms with van der Waals surface area (Å²) in [5, 5.41) is 7.85. The summed E-state index contributed by atoms with van der Waals surface area (Å²) < 4.78 is 1.99. The highest BCUT2D eigenvalue weighted by atomic mass is 15.3. The van der Waals surface area contributed by atoms with Crippen LogP contribution in [0.5, 0.6) is 0 Å². The summed E-state index contributed by atoms with van der Waals surface area (Å²) in [4.78, 5) is 0. The molecule has 0 amide bonds. The summed E-state index contributed by atoms with van der Waals surface area (Å²) in [5.74, 6) is 5.95. The van der Waals surface area contributed by atoms with E-state index in [2.05, 4.69) is 43.0 Å². The summed E-state index contributed by atoms with van der Waals surface area (Å²) >= 11 is 0. The molecule has 3 nitrogen and oxygen atoms in total. The Balaban J connectivity index is 2.75. The Morgan fingerprint density at radius 2 is 2.12 bits per heavy atom. The predicted molar refractivity (Wildman–Crippen MR) is 67.4 cm³/mol. The van der Waals surface area contributed by atoms with E-state index in [4.69, 9.17) is 0 Å². The Hall–Kier alpha value is -1.27. The first kappa shape index (κ1) is 12.8. The van der Waals surface area contributed by atoms with E-state index in [-0.39, 0.29) is 0 Å². The Labute approximate surface area is 98.2 Å². The van der Waals surface area contributed by atoms with E-state index in [0.717, 1.165) is 25.2 Å². The molecule has 0 saturated heterocycles. The number of aryl methyl sites for hydroxylation is 1. The molecule has 0 bridgehead atoms. The summed E-state index contributed by atoms with van der Waals surface area (Å²) in [6, 6.07) is 0. The average molecular weight is 219 g/mol. The first-order valence-corrected chi connectivity index (χ1v) is 5.83. The second kappa shape index (κ2) is 6.34. The molecule has 1 aromatic heterocycles. The van der Waals surface area contributed by atoms with Crippen LogP contribution in [-0.4, -0.2) is 22.9 Å². The standard InChI is InChI=1S/C13H21N3/c1-5-7-10-16-12(4)13(11(3)15-16)8-9-14-6-2/h14H,6,8-10H2,1-4H3. The second-order valence-corrected chi connectivity index (χ2v) is 3.84. The van der Waals surface area contributed by atoms with Crippen LogP contribution in [0.2, 0.25) is 0 Å². The number of aromatic nitrogens is 2. The van der Waals surface area contributed by atoms with Crippen molar-refractivity contribution in [2.45, 2.75) is 40.7 Å². The molecule has 0 fully saturated rings. The minimum Gasteiger partial charge on any atom is -0.317 e. The van der Waals surface area contributed by atoms with Crippen molar-refractivity contribution in [3.63, 3.8) is 0 Å². The van der Waals surface area contributed by atoms with Crippen molar-refractivity contribution in [1.82, 2.24) is 15.1 Å². The molecule has 0 saturated carbocycles. The van der Waals surface area contributed by atoms with Crippen LogP contribution in [0, 0.1) is 25.7 Å². The van der Waals surface area contributed by atoms with Crippen LogP contribution in [0.4, 0.5) is 0 Å². The van der Waals surface area contributed by atoms with Crippen molar-refractivity contribution < 1.29 is 0 Å². The minimum atomic E-state index is 0.699. The normalized spacial score (nSPS) is 10.0. The lowest BCUT2D eigenvalue weighted by molar-refractivity contribution is 0.680. The van der Waals surface area contributed by atoms with E-state index in [9.17, 15) is 0 Å². The molecule has 3 heteroatoms. The minimum absolute atomic E-state index is 0.699. The van der Waals surface area contributed by atoms with Gasteiger partial charge in [0.2, 0.25) is 0 Å². The van der Waals surface area contributed by atoms with Crippen LogP contribution in [0.1, 0.15) is 30.8 Å². The zero-order chi connectivity index (χ0) is 12.0. The van der Waals surface area contributed by atoms with E-state index >= 15 is 0 Å². The van der Waals surface area contributed by atoms with Crippen molar-refractivity contribution in [3.8, 4) is 11.8 Å². The smallest absolute Gasteiger partial charge is 0.102 e. The largest absolute Gasteiger partial charge is 0.317 e. The number of likely N-dealkylation sites (N-methyl/N-ethyl adjacent to an activating group) is 1. The fraction of sp³-hybridized carbons (Fsp3) is 0.615. The molecular formula is C13H21N3. The quantitative estimate of drug-likeness (QED) is 0.603. The van der Waals surface area contributed by atoms with Gasteiger partial charge in [-0.25, -0.2) is 0 Å². The van der Waals surface area contributed by atoms with Crippen molar-refractivity contribution in [1.29, 1.82) is 0 Å². The predicted octanol–water partition coefficient (Wildman–Crippen LogP) is 1.68. The van der Waals surface area contributed by atoms with Gasteiger partial charge in [-0.15, -0.1) is 5.92 Å². The molecule has 1 aromatic rings. The van der Waals surface area contributed by atoms with Gasteiger partial charge in [0.15, 0.2) is 0 Å². The molecule has 16 heavy (non-hydrogen) atoms. The highest BCUT2D eigenvalue weighted by Gasteiger charge is 2.09. The van der Waals surface area contributed by atoms with Gasteiger partial charge < -0.3 is 5.32 Å². The van der Waals surface area contributed by atoms with Gasteiger partial charge in [-0.05, 0) is 45.8 Å². The van der Waals surface area contributed by atoms with Crippen molar-refractivity contribution in [3.05, 3.63) is 17.0 Å². The fourth-order valence-corrected chi connectivity index (χ4v) is 1.79. The lowest BCUT2D eigenvalue weighted by Gasteiger charge is -2.03. The summed E-state index contributed by atoms with van der Waals surface area (Å²) in [7, 11) is 0. The van der Waals surface area contributed by atoms with Crippen molar-refractivity contribution in [2.75, 3.05) is 13.1 Å². The molecule has 0 aromatic carbocycles. The van der Waals surface area contributed by atoms with Crippen molar-refractivity contribution in [2.24, 2.45) is 0 Å². The highest BCUT2D eigenvalue weighted by Crippen LogP contribution is 2.13. The van der Waals surface area contributed by atoms with Gasteiger partial charge in [-0.1, -0.05) is 12.8 Å². The van der Waals surface area contributed by atoms with Gasteiger partial charge in [0.1, 0.15) is 6.54 Å². The number of nitrogens with zero attached hydrogens (tertiary/aromatic N) is 2. The number of hydrogen-bond donors (Lipinski definition) is 1.